The summed E-state index contributed by atoms with van der Waals surface area (Å²) in [5.41, 5.74) is 7.20. The largest absolute Gasteiger partial charge is 0.497 e. The molecule has 0 saturated carbocycles. The first-order valence-corrected chi connectivity index (χ1v) is 4.37. The summed E-state index contributed by atoms with van der Waals surface area (Å²) in [7, 11) is 1.59. The number of hydrazone groups is 1. The molecule has 0 aliphatic rings. The number of hydrogen-bond acceptors (Lipinski definition) is 5. The van der Waals surface area contributed by atoms with Gasteiger partial charge in [0.2, 0.25) is 0 Å². The molecule has 0 fully saturated rings. The molecule has 0 atom stereocenters. The van der Waals surface area contributed by atoms with Crippen LogP contribution in [-0.4, -0.2) is 13.4 Å². The van der Waals surface area contributed by atoms with Crippen LogP contribution in [0.3, 0.4) is 0 Å². The third kappa shape index (κ3) is 2.58. The molecule has 6 heteroatoms. The van der Waals surface area contributed by atoms with Crippen LogP contribution >= 0.6 is 0 Å². The van der Waals surface area contributed by atoms with Crippen molar-refractivity contribution < 1.29 is 4.74 Å². The van der Waals surface area contributed by atoms with E-state index in [1.165, 1.54) is 11.3 Å². The lowest BCUT2D eigenvalue weighted by molar-refractivity contribution is 0.414. The number of nitrogens with zero attached hydrogens (tertiary/aromatic N) is 2. The van der Waals surface area contributed by atoms with Crippen molar-refractivity contribution in [3.05, 3.63) is 23.8 Å². The Bertz CT molecular complexity index is 352. The van der Waals surface area contributed by atoms with Gasteiger partial charge < -0.3 is 16.3 Å². The molecule has 0 spiro atoms. The molecule has 6 N–H and O–H groups in total. The van der Waals surface area contributed by atoms with Gasteiger partial charge in [0.1, 0.15) is 12.1 Å². The molecule has 82 valence electrons. The van der Waals surface area contributed by atoms with E-state index in [4.69, 9.17) is 22.2 Å². The Morgan fingerprint density at radius 2 is 2.27 bits per heavy atom. The van der Waals surface area contributed by atoms with E-state index < -0.39 is 0 Å². The molecule has 0 aromatic heterocycles. The molecule has 15 heavy (non-hydrogen) atoms. The molecule has 1 rings (SSSR count). The van der Waals surface area contributed by atoms with E-state index in [1.54, 1.807) is 19.2 Å². The average molecular weight is 209 g/mol. The molecule has 0 unspecified atom stereocenters. The minimum Gasteiger partial charge on any atom is -0.497 e. The van der Waals surface area contributed by atoms with E-state index >= 15 is 0 Å². The number of ether oxygens (including phenoxy) is 1. The zero-order valence-electron chi connectivity index (χ0n) is 8.55. The van der Waals surface area contributed by atoms with Gasteiger partial charge in [-0.2, -0.15) is 5.10 Å². The number of benzene rings is 1. The zero-order chi connectivity index (χ0) is 11.3. The molecule has 0 radical (unpaired) electrons. The predicted octanol–water partition coefficient (Wildman–Crippen LogP) is -0.264. The summed E-state index contributed by atoms with van der Waals surface area (Å²) in [6.45, 7) is 0.360. The Kier molecular flexibility index (Phi) is 3.90. The fraction of sp³-hybridized carbons (Fsp3) is 0.222. The topological polar surface area (TPSA) is 103 Å². The lowest BCUT2D eigenvalue weighted by Crippen LogP contribution is -2.30. The van der Waals surface area contributed by atoms with Crippen LogP contribution in [-0.2, 0) is 6.54 Å². The third-order valence-electron chi connectivity index (χ3n) is 1.98. The molecule has 0 bridgehead atoms. The van der Waals surface area contributed by atoms with Gasteiger partial charge in [0.25, 0.3) is 0 Å². The van der Waals surface area contributed by atoms with Gasteiger partial charge in [-0.15, -0.1) is 0 Å². The Labute approximate surface area is 88.3 Å². The molecule has 0 aliphatic carbocycles. The Hall–Kier alpha value is -1.79. The van der Waals surface area contributed by atoms with Gasteiger partial charge in [-0.25, -0.2) is 5.84 Å². The van der Waals surface area contributed by atoms with Crippen molar-refractivity contribution in [2.45, 2.75) is 6.54 Å². The fourth-order valence-corrected chi connectivity index (χ4v) is 1.24. The molecule has 0 saturated heterocycles. The third-order valence-corrected chi connectivity index (χ3v) is 1.98. The fourth-order valence-electron chi connectivity index (χ4n) is 1.24. The van der Waals surface area contributed by atoms with Gasteiger partial charge in [-0.3, -0.25) is 5.01 Å². The van der Waals surface area contributed by atoms with Crippen LogP contribution in [0.5, 0.6) is 5.75 Å². The maximum absolute atomic E-state index is 5.68. The lowest BCUT2D eigenvalue weighted by Gasteiger charge is -2.16. The molecule has 0 amide bonds. The summed E-state index contributed by atoms with van der Waals surface area (Å²) in [6, 6.07) is 5.40. The van der Waals surface area contributed by atoms with Gasteiger partial charge in [-0.05, 0) is 23.8 Å². The molecular formula is C9H15N5O. The second-order valence-electron chi connectivity index (χ2n) is 2.87. The van der Waals surface area contributed by atoms with Crippen LogP contribution in [0, 0.1) is 0 Å². The van der Waals surface area contributed by atoms with Crippen molar-refractivity contribution in [1.82, 2.24) is 0 Å². The summed E-state index contributed by atoms with van der Waals surface area (Å²) < 4.78 is 5.08. The van der Waals surface area contributed by atoms with Gasteiger partial charge in [0.05, 0.1) is 12.8 Å². The SMILES string of the molecule is COc1ccc(N(N)/C=N\N)c(CN)c1. The monoisotopic (exact) mass is 209 g/mol. The Morgan fingerprint density at radius 3 is 2.80 bits per heavy atom. The maximum atomic E-state index is 5.68. The van der Waals surface area contributed by atoms with E-state index in [1.807, 2.05) is 6.07 Å². The van der Waals surface area contributed by atoms with E-state index in [0.29, 0.717) is 6.54 Å². The first-order valence-electron chi connectivity index (χ1n) is 4.37. The summed E-state index contributed by atoms with van der Waals surface area (Å²) in [5, 5.41) is 4.64. The van der Waals surface area contributed by atoms with Gasteiger partial charge in [0.15, 0.2) is 0 Å². The first-order chi connectivity index (χ1) is 7.22. The number of hydrazine groups is 1. The molecular weight excluding hydrogens is 194 g/mol. The predicted molar refractivity (Wildman–Crippen MR) is 60.2 cm³/mol. The van der Waals surface area contributed by atoms with Crippen LogP contribution in [0.2, 0.25) is 0 Å². The molecule has 0 aliphatic heterocycles. The van der Waals surface area contributed by atoms with E-state index in [-0.39, 0.29) is 0 Å². The smallest absolute Gasteiger partial charge is 0.129 e. The van der Waals surface area contributed by atoms with Crippen molar-refractivity contribution >= 4 is 12.0 Å². The summed E-state index contributed by atoms with van der Waals surface area (Å²) >= 11 is 0. The Morgan fingerprint density at radius 1 is 1.53 bits per heavy atom. The van der Waals surface area contributed by atoms with Crippen molar-refractivity contribution in [1.29, 1.82) is 0 Å². The second kappa shape index (κ2) is 5.18. The minimum atomic E-state index is 0.360. The van der Waals surface area contributed by atoms with Crippen molar-refractivity contribution in [3.8, 4) is 5.75 Å². The number of rotatable bonds is 4. The maximum Gasteiger partial charge on any atom is 0.129 e. The highest BCUT2D eigenvalue weighted by Gasteiger charge is 2.06. The lowest BCUT2D eigenvalue weighted by atomic mass is 10.1. The highest BCUT2D eigenvalue weighted by atomic mass is 16.5. The van der Waals surface area contributed by atoms with Crippen LogP contribution in [0.4, 0.5) is 5.69 Å². The van der Waals surface area contributed by atoms with Crippen molar-refractivity contribution in [2.24, 2.45) is 22.5 Å². The van der Waals surface area contributed by atoms with E-state index in [2.05, 4.69) is 5.10 Å². The first kappa shape index (κ1) is 11.3. The van der Waals surface area contributed by atoms with Crippen LogP contribution in [0.1, 0.15) is 5.56 Å². The summed E-state index contributed by atoms with van der Waals surface area (Å²) in [6.07, 6.45) is 1.31. The van der Waals surface area contributed by atoms with E-state index in [0.717, 1.165) is 17.0 Å². The molecule has 1 aromatic carbocycles. The summed E-state index contributed by atoms with van der Waals surface area (Å²) in [5.74, 6) is 11.4. The zero-order valence-corrected chi connectivity index (χ0v) is 8.55. The van der Waals surface area contributed by atoms with Gasteiger partial charge >= 0.3 is 0 Å². The van der Waals surface area contributed by atoms with Crippen LogP contribution in [0.25, 0.3) is 0 Å². The van der Waals surface area contributed by atoms with Gasteiger partial charge in [0, 0.05) is 6.54 Å². The average Bonchev–Trinajstić information content (AvgIpc) is 2.28. The number of anilines is 1. The Balaban J connectivity index is 3.06. The minimum absolute atomic E-state index is 0.360. The van der Waals surface area contributed by atoms with E-state index in [9.17, 15) is 0 Å². The van der Waals surface area contributed by atoms with Gasteiger partial charge in [-0.1, -0.05) is 0 Å². The quantitative estimate of drug-likeness (QED) is 0.274. The number of methoxy groups -OCH3 is 1. The molecule has 0 heterocycles. The van der Waals surface area contributed by atoms with Crippen molar-refractivity contribution in [3.63, 3.8) is 0 Å². The van der Waals surface area contributed by atoms with Crippen LogP contribution < -0.4 is 27.2 Å². The van der Waals surface area contributed by atoms with Crippen molar-refractivity contribution in [2.75, 3.05) is 12.1 Å². The van der Waals surface area contributed by atoms with Crippen LogP contribution in [0.15, 0.2) is 23.3 Å². The second-order valence-corrected chi connectivity index (χ2v) is 2.87. The highest BCUT2D eigenvalue weighted by Crippen LogP contribution is 2.22. The molecule has 1 aromatic rings. The summed E-state index contributed by atoms with van der Waals surface area (Å²) in [4.78, 5) is 0. The number of hydrogen-bond donors (Lipinski definition) is 3. The normalized spacial score (nSPS) is 10.6. The highest BCUT2D eigenvalue weighted by molar-refractivity contribution is 5.79. The molecule has 6 nitrogen and oxygen atoms in total. The number of nitrogens with two attached hydrogens (primary N) is 3. The standard InChI is InChI=1S/C9H15N5O/c1-15-8-2-3-9(7(4-8)5-10)14(12)6-13-11/h2-4,6H,5,10-12H2,1H3/b13-6-.